The van der Waals surface area contributed by atoms with E-state index in [-0.39, 0.29) is 23.6 Å². The number of aliphatic hydroxyl groups is 1. The third kappa shape index (κ3) is 4.71. The fraction of sp³-hybridized carbons (Fsp3) is 0.576. The van der Waals surface area contributed by atoms with E-state index in [0.29, 0.717) is 18.7 Å². The normalized spacial score (nSPS) is 31.1. The van der Waals surface area contributed by atoms with Gasteiger partial charge in [-0.15, -0.1) is 0 Å². The van der Waals surface area contributed by atoms with Crippen LogP contribution in [0.3, 0.4) is 0 Å². The van der Waals surface area contributed by atoms with Crippen molar-refractivity contribution in [2.24, 2.45) is 11.8 Å². The minimum absolute atomic E-state index is 0.000684. The number of amides is 1. The van der Waals surface area contributed by atoms with Crippen LogP contribution in [0, 0.1) is 11.8 Å². The summed E-state index contributed by atoms with van der Waals surface area (Å²) >= 11 is 0. The third-order valence-corrected chi connectivity index (χ3v) is 11.0. The first kappa shape index (κ1) is 29.1. The maximum absolute atomic E-state index is 12.8. The van der Waals surface area contributed by atoms with Gasteiger partial charge in [-0.3, -0.25) is 4.79 Å². The molecule has 0 saturated carbocycles. The molecule has 4 heterocycles. The van der Waals surface area contributed by atoms with E-state index < -0.39 is 18.0 Å². The molecule has 4 aliphatic rings. The number of β-lactam (4-membered cyclic amide) rings is 1. The Morgan fingerprint density at radius 2 is 1.81 bits per heavy atom. The Morgan fingerprint density at radius 1 is 1.12 bits per heavy atom. The number of rotatable bonds is 10. The average molecular weight is 578 g/mol. The van der Waals surface area contributed by atoms with Gasteiger partial charge in [-0.1, -0.05) is 31.2 Å². The number of carbonyl (C=O) groups is 2. The van der Waals surface area contributed by atoms with E-state index >= 15 is 0 Å². The minimum Gasteiger partial charge on any atom is -0.543 e. The van der Waals surface area contributed by atoms with Crippen LogP contribution in [0.2, 0.25) is 0 Å². The number of likely N-dealkylation sites (N-methyl/N-ethyl adjacent to an activating group) is 3. The highest BCUT2D eigenvalue weighted by molar-refractivity contribution is 6.02. The van der Waals surface area contributed by atoms with Crippen molar-refractivity contribution in [1.82, 2.24) is 4.90 Å². The van der Waals surface area contributed by atoms with Crippen LogP contribution < -0.4 is 15.3 Å². The quantitative estimate of drug-likeness (QED) is 0.298. The van der Waals surface area contributed by atoms with Gasteiger partial charge in [-0.25, -0.2) is 0 Å². The number of piperazine rings is 1. The number of nitrogens with zero attached hydrogens (tertiary/aromatic N) is 4. The Labute approximate surface area is 249 Å². The lowest BCUT2D eigenvalue weighted by molar-refractivity contribution is -1.02. The molecular formula is C33H47N5O4+2. The zero-order valence-electron chi connectivity index (χ0n) is 25.8. The molecule has 0 spiro atoms. The van der Waals surface area contributed by atoms with Crippen molar-refractivity contribution < 1.29 is 34.1 Å². The summed E-state index contributed by atoms with van der Waals surface area (Å²) in [6.45, 7) is 13.1. The molecule has 3 N–H and O–H groups in total. The highest BCUT2D eigenvalue weighted by Crippen LogP contribution is 2.48. The molecule has 0 aromatic heterocycles. The molecule has 42 heavy (non-hydrogen) atoms. The van der Waals surface area contributed by atoms with Gasteiger partial charge in [-0.05, 0) is 35.1 Å². The zero-order chi connectivity index (χ0) is 30.0. The summed E-state index contributed by atoms with van der Waals surface area (Å²) in [4.78, 5) is 28.7. The SMILES string of the molecule is C[NH2+]CC[N+]1(C)CC[N+](C)(CCc2ccc3c4c(cccc24)N(CC2=C(C(=O)[O-])N4C(=O)C(C(C)O)C4[C@H]2C)C3)CC1. The summed E-state index contributed by atoms with van der Waals surface area (Å²) in [7, 11) is 6.98. The van der Waals surface area contributed by atoms with Gasteiger partial charge < -0.3 is 39.1 Å². The lowest BCUT2D eigenvalue weighted by Gasteiger charge is -2.47. The third-order valence-electron chi connectivity index (χ3n) is 11.0. The second-order valence-electron chi connectivity index (χ2n) is 13.9. The maximum Gasteiger partial charge on any atom is 0.235 e. The number of hydrogen-bond donors (Lipinski definition) is 2. The molecule has 2 fully saturated rings. The Balaban J connectivity index is 1.21. The minimum atomic E-state index is -1.31. The number of carboxylic acid groups (broad SMARTS) is 1. The van der Waals surface area contributed by atoms with Crippen molar-refractivity contribution in [3.63, 3.8) is 0 Å². The standard InChI is InChI=1S/C33H46N5O4/c1-21-26(31(33(41)42)36-30(21)28(22(2)39)32(36)40)20-35-19-24-10-9-23(25-7-6-8-27(35)29(24)25)11-13-37(4)15-17-38(5,18-16-37)14-12-34-3/h6-10,21-22,28,30,34,39H,11-20H2,1-5H3/q+1/p+1/t21-,22?,28?,30?,37?,38?/m0/s1. The number of anilines is 1. The molecule has 2 aromatic carbocycles. The first-order chi connectivity index (χ1) is 20.0. The Bertz CT molecular complexity index is 1440. The van der Waals surface area contributed by atoms with Crippen LogP contribution in [0.5, 0.6) is 0 Å². The summed E-state index contributed by atoms with van der Waals surface area (Å²) < 4.78 is 2.29. The molecule has 2 saturated heterocycles. The largest absolute Gasteiger partial charge is 0.543 e. The molecule has 4 aliphatic heterocycles. The number of aliphatic hydroxyl groups excluding tert-OH is 1. The van der Waals surface area contributed by atoms with Gasteiger partial charge in [0.25, 0.3) is 0 Å². The summed E-state index contributed by atoms with van der Waals surface area (Å²) in [5.41, 5.74) is 4.46. The van der Waals surface area contributed by atoms with Crippen molar-refractivity contribution in [3.05, 3.63) is 52.7 Å². The first-order valence-electron chi connectivity index (χ1n) is 15.7. The van der Waals surface area contributed by atoms with Gasteiger partial charge in [0, 0.05) is 36.5 Å². The average Bonchev–Trinajstić information content (AvgIpc) is 3.43. The molecule has 0 aliphatic carbocycles. The van der Waals surface area contributed by atoms with E-state index in [1.807, 2.05) is 6.92 Å². The predicted molar refractivity (Wildman–Crippen MR) is 160 cm³/mol. The molecule has 1 amide bonds. The van der Waals surface area contributed by atoms with Gasteiger partial charge in [0.1, 0.15) is 39.3 Å². The molecule has 2 aromatic rings. The number of nitrogens with two attached hydrogens (primary N) is 1. The zero-order valence-corrected chi connectivity index (χ0v) is 25.8. The Kier molecular flexibility index (Phi) is 7.37. The molecule has 4 atom stereocenters. The van der Waals surface area contributed by atoms with E-state index in [1.54, 1.807) is 6.92 Å². The summed E-state index contributed by atoms with van der Waals surface area (Å²) in [6.07, 6.45) is 0.212. The van der Waals surface area contributed by atoms with Crippen LogP contribution in [0.15, 0.2) is 41.6 Å². The summed E-state index contributed by atoms with van der Waals surface area (Å²) in [5, 5.41) is 27.3. The molecule has 3 unspecified atom stereocenters. The lowest BCUT2D eigenvalue weighted by atomic mass is 9.77. The van der Waals surface area contributed by atoms with Gasteiger partial charge >= 0.3 is 0 Å². The second-order valence-corrected chi connectivity index (χ2v) is 13.9. The number of fused-ring (bicyclic) bond motifs is 1. The van der Waals surface area contributed by atoms with E-state index in [4.69, 9.17) is 0 Å². The Hall–Kier alpha value is -2.98. The number of carbonyl (C=O) groups excluding carboxylic acids is 2. The molecule has 226 valence electrons. The van der Waals surface area contributed by atoms with Gasteiger partial charge in [0.2, 0.25) is 5.91 Å². The summed E-state index contributed by atoms with van der Waals surface area (Å²) in [5.74, 6) is -2.37. The fourth-order valence-electron chi connectivity index (χ4n) is 8.08. The lowest BCUT2D eigenvalue weighted by Crippen LogP contribution is -2.82. The molecular weight excluding hydrogens is 530 g/mol. The smallest absolute Gasteiger partial charge is 0.235 e. The van der Waals surface area contributed by atoms with Gasteiger partial charge in [0.05, 0.1) is 57.4 Å². The van der Waals surface area contributed by atoms with Crippen LogP contribution in [0.25, 0.3) is 10.8 Å². The van der Waals surface area contributed by atoms with Gasteiger partial charge in [0.15, 0.2) is 0 Å². The molecule has 0 bridgehead atoms. The van der Waals surface area contributed by atoms with Crippen LogP contribution in [-0.4, -0.2) is 116 Å². The predicted octanol–water partition coefficient (Wildman–Crippen LogP) is -0.336. The molecule has 9 nitrogen and oxygen atoms in total. The molecule has 0 radical (unpaired) electrons. The summed E-state index contributed by atoms with van der Waals surface area (Å²) in [6, 6.07) is 10.7. The van der Waals surface area contributed by atoms with Crippen molar-refractivity contribution in [2.75, 3.05) is 78.4 Å². The molecule has 9 heteroatoms. The number of aliphatic carboxylic acids is 1. The van der Waals surface area contributed by atoms with Crippen molar-refractivity contribution in [1.29, 1.82) is 0 Å². The van der Waals surface area contributed by atoms with Crippen LogP contribution in [0.1, 0.15) is 25.0 Å². The van der Waals surface area contributed by atoms with E-state index in [1.165, 1.54) is 70.6 Å². The highest BCUT2D eigenvalue weighted by Gasteiger charge is 2.58. The number of hydrogen-bond acceptors (Lipinski definition) is 5. The van der Waals surface area contributed by atoms with E-state index in [9.17, 15) is 19.8 Å². The van der Waals surface area contributed by atoms with Gasteiger partial charge in [-0.2, -0.15) is 0 Å². The number of quaternary nitrogens is 3. The number of carboxylic acids is 1. The fourth-order valence-corrected chi connectivity index (χ4v) is 8.08. The highest BCUT2D eigenvalue weighted by atomic mass is 16.4. The monoisotopic (exact) mass is 577 g/mol. The maximum atomic E-state index is 12.8. The van der Waals surface area contributed by atoms with Crippen molar-refractivity contribution in [2.45, 2.75) is 39.0 Å². The van der Waals surface area contributed by atoms with E-state index in [0.717, 1.165) is 23.1 Å². The number of benzene rings is 2. The molecule has 6 rings (SSSR count). The topological polar surface area (TPSA) is 101 Å². The first-order valence-corrected chi connectivity index (χ1v) is 15.7. The second kappa shape index (κ2) is 10.6. The van der Waals surface area contributed by atoms with Crippen LogP contribution in [0.4, 0.5) is 5.69 Å². The van der Waals surface area contributed by atoms with E-state index in [2.05, 4.69) is 61.7 Å². The Morgan fingerprint density at radius 3 is 2.45 bits per heavy atom. The van der Waals surface area contributed by atoms with Crippen LogP contribution >= 0.6 is 0 Å². The van der Waals surface area contributed by atoms with Crippen molar-refractivity contribution in [3.8, 4) is 0 Å². The van der Waals surface area contributed by atoms with Crippen LogP contribution in [-0.2, 0) is 22.6 Å². The van der Waals surface area contributed by atoms with Crippen molar-refractivity contribution >= 4 is 28.3 Å².